The zero-order valence-corrected chi connectivity index (χ0v) is 11.8. The molecule has 1 fully saturated rings. The molecular weight excluding hydrogens is 262 g/mol. The zero-order chi connectivity index (χ0) is 13.7. The molecule has 1 aliphatic heterocycles. The summed E-state index contributed by atoms with van der Waals surface area (Å²) in [4.78, 5) is 16.2. The Labute approximate surface area is 115 Å². The van der Waals surface area contributed by atoms with Crippen molar-refractivity contribution in [3.63, 3.8) is 0 Å². The molecule has 1 aromatic rings. The largest absolute Gasteiger partial charge is 0.385 e. The van der Waals surface area contributed by atoms with Gasteiger partial charge in [-0.1, -0.05) is 0 Å². The van der Waals surface area contributed by atoms with Crippen LogP contribution in [0, 0.1) is 0 Å². The summed E-state index contributed by atoms with van der Waals surface area (Å²) in [7, 11) is -0.703. The maximum absolute atomic E-state index is 12.1. The molecule has 6 heteroatoms. The van der Waals surface area contributed by atoms with Gasteiger partial charge in [0.15, 0.2) is 0 Å². The maximum Gasteiger partial charge on any atom is 0.270 e. The van der Waals surface area contributed by atoms with Crippen molar-refractivity contribution in [3.8, 4) is 0 Å². The highest BCUT2D eigenvalue weighted by atomic mass is 32.2. The fourth-order valence-corrected chi connectivity index (χ4v) is 3.37. The van der Waals surface area contributed by atoms with E-state index in [1.165, 1.54) is 0 Å². The normalized spacial score (nSPS) is 22.8. The Morgan fingerprint density at radius 1 is 1.47 bits per heavy atom. The van der Waals surface area contributed by atoms with Crippen molar-refractivity contribution in [1.29, 1.82) is 0 Å². The van der Waals surface area contributed by atoms with Crippen LogP contribution >= 0.6 is 0 Å². The number of aromatic nitrogens is 1. The van der Waals surface area contributed by atoms with Crippen LogP contribution in [-0.4, -0.2) is 39.2 Å². The van der Waals surface area contributed by atoms with Crippen molar-refractivity contribution in [2.45, 2.75) is 25.8 Å². The molecule has 2 N–H and O–H groups in total. The first-order valence-corrected chi connectivity index (χ1v) is 8.03. The summed E-state index contributed by atoms with van der Waals surface area (Å²) in [6, 6.07) is 3.71. The highest BCUT2D eigenvalue weighted by molar-refractivity contribution is 7.85. The topological polar surface area (TPSA) is 71.1 Å². The van der Waals surface area contributed by atoms with Gasteiger partial charge in [0, 0.05) is 46.8 Å². The van der Waals surface area contributed by atoms with Gasteiger partial charge in [-0.05, 0) is 31.9 Å². The van der Waals surface area contributed by atoms with Gasteiger partial charge in [-0.25, -0.2) is 0 Å². The molecular formula is C13H19N3O2S. The minimum absolute atomic E-state index is 0.120. The molecule has 19 heavy (non-hydrogen) atoms. The molecule has 0 spiro atoms. The van der Waals surface area contributed by atoms with E-state index in [1.54, 1.807) is 12.3 Å². The lowest BCUT2D eigenvalue weighted by Crippen LogP contribution is -2.39. The third-order valence-electron chi connectivity index (χ3n) is 3.10. The first-order chi connectivity index (χ1) is 9.19. The second-order valence-electron chi connectivity index (χ2n) is 4.56. The van der Waals surface area contributed by atoms with Crippen LogP contribution < -0.4 is 10.6 Å². The first-order valence-electron chi connectivity index (χ1n) is 6.55. The minimum atomic E-state index is -0.703. The molecule has 0 atom stereocenters. The van der Waals surface area contributed by atoms with E-state index in [4.69, 9.17) is 0 Å². The van der Waals surface area contributed by atoms with Gasteiger partial charge < -0.3 is 10.6 Å². The Balaban J connectivity index is 1.95. The molecule has 1 amide bonds. The van der Waals surface area contributed by atoms with Crippen LogP contribution in [0.5, 0.6) is 0 Å². The van der Waals surface area contributed by atoms with Crippen LogP contribution in [0.2, 0.25) is 0 Å². The molecule has 1 saturated heterocycles. The summed E-state index contributed by atoms with van der Waals surface area (Å²) in [5.74, 6) is 1.20. The Morgan fingerprint density at radius 3 is 2.89 bits per heavy atom. The molecule has 0 aliphatic carbocycles. The minimum Gasteiger partial charge on any atom is -0.385 e. The second kappa shape index (κ2) is 6.65. The number of amides is 1. The van der Waals surface area contributed by atoms with E-state index in [2.05, 4.69) is 15.6 Å². The molecule has 1 aliphatic rings. The number of hydrogen-bond donors (Lipinski definition) is 2. The van der Waals surface area contributed by atoms with Gasteiger partial charge in [0.25, 0.3) is 5.91 Å². The molecule has 1 aromatic heterocycles. The second-order valence-corrected chi connectivity index (χ2v) is 6.25. The highest BCUT2D eigenvalue weighted by Crippen LogP contribution is 2.11. The predicted molar refractivity (Wildman–Crippen MR) is 76.8 cm³/mol. The van der Waals surface area contributed by atoms with Gasteiger partial charge in [0.1, 0.15) is 5.69 Å². The van der Waals surface area contributed by atoms with Gasteiger partial charge in [-0.15, -0.1) is 0 Å². The summed E-state index contributed by atoms with van der Waals surface area (Å²) < 4.78 is 11.3. The van der Waals surface area contributed by atoms with Gasteiger partial charge in [0.2, 0.25) is 0 Å². The number of carbonyl (C=O) groups is 1. The van der Waals surface area contributed by atoms with Crippen molar-refractivity contribution in [2.24, 2.45) is 0 Å². The van der Waals surface area contributed by atoms with E-state index in [0.29, 0.717) is 17.2 Å². The Hall–Kier alpha value is -1.43. The number of nitrogens with zero attached hydrogens (tertiary/aromatic N) is 1. The standard InChI is InChI=1S/C13H19N3O2S/c1-2-14-11-3-6-15-12(9-11)13(17)16-10-4-7-19(18)8-5-10/h3,6,9-10H,2,4-5,7-8H2,1H3,(H,14,15)(H,16,17). The number of nitrogens with one attached hydrogen (secondary N) is 2. The summed E-state index contributed by atoms with van der Waals surface area (Å²) in [5, 5.41) is 6.11. The van der Waals surface area contributed by atoms with E-state index in [9.17, 15) is 9.00 Å². The van der Waals surface area contributed by atoms with Crippen LogP contribution in [0.25, 0.3) is 0 Å². The molecule has 104 valence electrons. The van der Waals surface area contributed by atoms with Crippen LogP contribution in [0.15, 0.2) is 18.3 Å². The Morgan fingerprint density at radius 2 is 2.21 bits per heavy atom. The fourth-order valence-electron chi connectivity index (χ4n) is 2.07. The quantitative estimate of drug-likeness (QED) is 0.868. The molecule has 2 heterocycles. The number of anilines is 1. The van der Waals surface area contributed by atoms with Gasteiger partial charge in [-0.2, -0.15) is 0 Å². The van der Waals surface area contributed by atoms with Crippen molar-refractivity contribution in [3.05, 3.63) is 24.0 Å². The number of pyridine rings is 1. The van der Waals surface area contributed by atoms with Crippen LogP contribution in [0.3, 0.4) is 0 Å². The third kappa shape index (κ3) is 4.02. The number of rotatable bonds is 4. The summed E-state index contributed by atoms with van der Waals surface area (Å²) in [5.41, 5.74) is 1.32. The third-order valence-corrected chi connectivity index (χ3v) is 4.48. The molecule has 0 saturated carbocycles. The Bertz CT molecular complexity index is 469. The molecule has 0 unspecified atom stereocenters. The molecule has 0 radical (unpaired) electrons. The number of hydrogen-bond acceptors (Lipinski definition) is 4. The van der Waals surface area contributed by atoms with E-state index in [-0.39, 0.29) is 11.9 Å². The lowest BCUT2D eigenvalue weighted by molar-refractivity contribution is 0.0929. The summed E-state index contributed by atoms with van der Waals surface area (Å²) >= 11 is 0. The van der Waals surface area contributed by atoms with E-state index in [1.807, 2.05) is 13.0 Å². The smallest absolute Gasteiger partial charge is 0.270 e. The van der Waals surface area contributed by atoms with Crippen LogP contribution in [-0.2, 0) is 10.8 Å². The maximum atomic E-state index is 12.1. The van der Waals surface area contributed by atoms with E-state index < -0.39 is 10.8 Å². The Kier molecular flexibility index (Phi) is 4.90. The van der Waals surface area contributed by atoms with Crippen LogP contribution in [0.4, 0.5) is 5.69 Å². The SMILES string of the molecule is CCNc1ccnc(C(=O)NC2CCS(=O)CC2)c1. The van der Waals surface area contributed by atoms with E-state index >= 15 is 0 Å². The van der Waals surface area contributed by atoms with Gasteiger partial charge in [-0.3, -0.25) is 14.0 Å². The van der Waals surface area contributed by atoms with Crippen LogP contribution in [0.1, 0.15) is 30.3 Å². The summed E-state index contributed by atoms with van der Waals surface area (Å²) in [6.45, 7) is 2.81. The van der Waals surface area contributed by atoms with Gasteiger partial charge in [0.05, 0.1) is 0 Å². The molecule has 5 nitrogen and oxygen atoms in total. The highest BCUT2D eigenvalue weighted by Gasteiger charge is 2.20. The molecule has 2 rings (SSSR count). The fraction of sp³-hybridized carbons (Fsp3) is 0.538. The molecule has 0 aromatic carbocycles. The van der Waals surface area contributed by atoms with Crippen molar-refractivity contribution < 1.29 is 9.00 Å². The zero-order valence-electron chi connectivity index (χ0n) is 11.0. The lowest BCUT2D eigenvalue weighted by atomic mass is 10.1. The van der Waals surface area contributed by atoms with Crippen molar-refractivity contribution in [1.82, 2.24) is 10.3 Å². The monoisotopic (exact) mass is 281 g/mol. The van der Waals surface area contributed by atoms with Crippen molar-refractivity contribution >= 4 is 22.4 Å². The number of carbonyl (C=O) groups excluding carboxylic acids is 1. The average Bonchev–Trinajstić information content (AvgIpc) is 2.42. The predicted octanol–water partition coefficient (Wildman–Crippen LogP) is 1.15. The average molecular weight is 281 g/mol. The first kappa shape index (κ1) is 14.0. The summed E-state index contributed by atoms with van der Waals surface area (Å²) in [6.07, 6.45) is 3.19. The molecule has 0 bridgehead atoms. The van der Waals surface area contributed by atoms with Crippen molar-refractivity contribution in [2.75, 3.05) is 23.4 Å². The van der Waals surface area contributed by atoms with E-state index in [0.717, 1.165) is 25.1 Å². The van der Waals surface area contributed by atoms with Gasteiger partial charge >= 0.3 is 0 Å². The lowest BCUT2D eigenvalue weighted by Gasteiger charge is -2.22.